The van der Waals surface area contributed by atoms with E-state index in [4.69, 9.17) is 0 Å². The van der Waals surface area contributed by atoms with Crippen molar-refractivity contribution in [1.82, 2.24) is 15.5 Å². The van der Waals surface area contributed by atoms with E-state index in [0.29, 0.717) is 17.6 Å². The SMILES string of the molecule is CNc1ccc(C(=O)NC2CCCCCCC2)nn1. The van der Waals surface area contributed by atoms with Gasteiger partial charge in [0.15, 0.2) is 5.69 Å². The van der Waals surface area contributed by atoms with E-state index in [1.54, 1.807) is 19.2 Å². The van der Waals surface area contributed by atoms with Crippen LogP contribution < -0.4 is 10.6 Å². The Balaban J connectivity index is 1.91. The molecule has 0 atom stereocenters. The monoisotopic (exact) mass is 262 g/mol. The molecule has 2 rings (SSSR count). The van der Waals surface area contributed by atoms with Crippen molar-refractivity contribution in [3.63, 3.8) is 0 Å². The van der Waals surface area contributed by atoms with Gasteiger partial charge in [0, 0.05) is 13.1 Å². The molecule has 2 N–H and O–H groups in total. The van der Waals surface area contributed by atoms with Crippen molar-refractivity contribution in [2.45, 2.75) is 51.0 Å². The molecule has 104 valence electrons. The Bertz CT molecular complexity index is 396. The second kappa shape index (κ2) is 7.07. The van der Waals surface area contributed by atoms with Crippen LogP contribution >= 0.6 is 0 Å². The molecule has 0 aliphatic heterocycles. The smallest absolute Gasteiger partial charge is 0.272 e. The predicted molar refractivity (Wildman–Crippen MR) is 75.2 cm³/mol. The van der Waals surface area contributed by atoms with Gasteiger partial charge in [-0.05, 0) is 25.0 Å². The minimum Gasteiger partial charge on any atom is -0.372 e. The lowest BCUT2D eigenvalue weighted by Gasteiger charge is -2.20. The topological polar surface area (TPSA) is 66.9 Å². The van der Waals surface area contributed by atoms with Gasteiger partial charge in [-0.2, -0.15) is 0 Å². The predicted octanol–water partition coefficient (Wildman–Crippen LogP) is 2.36. The van der Waals surface area contributed by atoms with Crippen LogP contribution in [0.15, 0.2) is 12.1 Å². The van der Waals surface area contributed by atoms with Crippen LogP contribution in [0.4, 0.5) is 5.82 Å². The number of carbonyl (C=O) groups is 1. The standard InChI is InChI=1S/C14H22N4O/c1-15-13-10-9-12(17-18-13)14(19)16-11-7-5-3-2-4-6-8-11/h9-11H,2-8H2,1H3,(H,15,18)(H,16,19). The number of aromatic nitrogens is 2. The molecular formula is C14H22N4O. The highest BCUT2D eigenvalue weighted by atomic mass is 16.2. The van der Waals surface area contributed by atoms with Gasteiger partial charge in [0.25, 0.3) is 5.91 Å². The molecule has 1 amide bonds. The van der Waals surface area contributed by atoms with Crippen molar-refractivity contribution in [2.75, 3.05) is 12.4 Å². The van der Waals surface area contributed by atoms with Crippen LogP contribution in [0.3, 0.4) is 0 Å². The summed E-state index contributed by atoms with van der Waals surface area (Å²) in [4.78, 5) is 12.1. The van der Waals surface area contributed by atoms with E-state index in [2.05, 4.69) is 20.8 Å². The first-order valence-corrected chi connectivity index (χ1v) is 7.12. The van der Waals surface area contributed by atoms with E-state index in [1.165, 1.54) is 32.1 Å². The Labute approximate surface area is 114 Å². The van der Waals surface area contributed by atoms with Crippen LogP contribution in [0.1, 0.15) is 55.4 Å². The van der Waals surface area contributed by atoms with E-state index in [-0.39, 0.29) is 5.91 Å². The van der Waals surface area contributed by atoms with Gasteiger partial charge >= 0.3 is 0 Å². The van der Waals surface area contributed by atoms with Crippen molar-refractivity contribution < 1.29 is 4.79 Å². The third-order valence-corrected chi connectivity index (χ3v) is 3.59. The van der Waals surface area contributed by atoms with Crippen LogP contribution in [0.25, 0.3) is 0 Å². The Morgan fingerprint density at radius 2 is 1.79 bits per heavy atom. The number of amides is 1. The van der Waals surface area contributed by atoms with Crippen LogP contribution in [-0.2, 0) is 0 Å². The van der Waals surface area contributed by atoms with E-state index in [0.717, 1.165) is 12.8 Å². The maximum absolute atomic E-state index is 12.1. The molecule has 5 heteroatoms. The Morgan fingerprint density at radius 1 is 1.11 bits per heavy atom. The minimum absolute atomic E-state index is 0.110. The molecule has 1 aromatic heterocycles. The number of nitrogens with one attached hydrogen (secondary N) is 2. The van der Waals surface area contributed by atoms with E-state index in [1.807, 2.05) is 0 Å². The summed E-state index contributed by atoms with van der Waals surface area (Å²) in [6, 6.07) is 3.76. The number of anilines is 1. The van der Waals surface area contributed by atoms with Gasteiger partial charge in [-0.25, -0.2) is 0 Å². The highest BCUT2D eigenvalue weighted by Gasteiger charge is 2.16. The average molecular weight is 262 g/mol. The third kappa shape index (κ3) is 4.19. The molecule has 1 aliphatic carbocycles. The van der Waals surface area contributed by atoms with Crippen molar-refractivity contribution in [3.8, 4) is 0 Å². The maximum atomic E-state index is 12.1. The number of rotatable bonds is 3. The van der Waals surface area contributed by atoms with Gasteiger partial charge in [-0.15, -0.1) is 10.2 Å². The summed E-state index contributed by atoms with van der Waals surface area (Å²) in [6.07, 6.45) is 8.45. The molecule has 1 saturated carbocycles. The van der Waals surface area contributed by atoms with Gasteiger partial charge in [0.1, 0.15) is 5.82 Å². The first-order chi connectivity index (χ1) is 9.29. The Hall–Kier alpha value is -1.65. The molecule has 1 aromatic rings. The molecule has 0 unspecified atom stereocenters. The van der Waals surface area contributed by atoms with Crippen molar-refractivity contribution in [3.05, 3.63) is 17.8 Å². The lowest BCUT2D eigenvalue weighted by Crippen LogP contribution is -2.35. The molecule has 1 heterocycles. The highest BCUT2D eigenvalue weighted by molar-refractivity contribution is 5.92. The summed E-state index contributed by atoms with van der Waals surface area (Å²) in [6.45, 7) is 0. The van der Waals surface area contributed by atoms with Crippen molar-refractivity contribution >= 4 is 11.7 Å². The fraction of sp³-hybridized carbons (Fsp3) is 0.643. The number of nitrogens with zero attached hydrogens (tertiary/aromatic N) is 2. The summed E-state index contributed by atoms with van der Waals surface area (Å²) in [7, 11) is 1.78. The van der Waals surface area contributed by atoms with Gasteiger partial charge in [0.2, 0.25) is 0 Å². The van der Waals surface area contributed by atoms with Crippen LogP contribution in [-0.4, -0.2) is 29.2 Å². The molecule has 0 spiro atoms. The molecule has 5 nitrogen and oxygen atoms in total. The molecular weight excluding hydrogens is 240 g/mol. The Kier molecular flexibility index (Phi) is 5.12. The summed E-state index contributed by atoms with van der Waals surface area (Å²) >= 11 is 0. The van der Waals surface area contributed by atoms with E-state index >= 15 is 0 Å². The normalized spacial score (nSPS) is 17.3. The Morgan fingerprint density at radius 3 is 2.37 bits per heavy atom. The fourth-order valence-corrected chi connectivity index (χ4v) is 2.45. The zero-order chi connectivity index (χ0) is 13.5. The zero-order valence-corrected chi connectivity index (χ0v) is 11.5. The maximum Gasteiger partial charge on any atom is 0.272 e. The van der Waals surface area contributed by atoms with Gasteiger partial charge in [-0.1, -0.05) is 32.1 Å². The molecule has 1 fully saturated rings. The number of carbonyl (C=O) groups excluding carboxylic acids is 1. The van der Waals surface area contributed by atoms with Crippen LogP contribution in [0, 0.1) is 0 Å². The molecule has 0 aromatic carbocycles. The molecule has 0 saturated heterocycles. The summed E-state index contributed by atoms with van der Waals surface area (Å²) in [5.41, 5.74) is 0.390. The molecule has 1 aliphatic rings. The van der Waals surface area contributed by atoms with Crippen LogP contribution in [0.2, 0.25) is 0 Å². The second-order valence-electron chi connectivity index (χ2n) is 5.07. The summed E-state index contributed by atoms with van der Waals surface area (Å²) < 4.78 is 0. The molecule has 19 heavy (non-hydrogen) atoms. The number of hydrogen-bond acceptors (Lipinski definition) is 4. The highest BCUT2D eigenvalue weighted by Crippen LogP contribution is 2.17. The quantitative estimate of drug-likeness (QED) is 0.877. The van der Waals surface area contributed by atoms with E-state index < -0.39 is 0 Å². The molecule has 0 radical (unpaired) electrons. The summed E-state index contributed by atoms with van der Waals surface area (Å²) in [5, 5.41) is 13.8. The van der Waals surface area contributed by atoms with E-state index in [9.17, 15) is 4.79 Å². The first-order valence-electron chi connectivity index (χ1n) is 7.12. The third-order valence-electron chi connectivity index (χ3n) is 3.59. The van der Waals surface area contributed by atoms with Gasteiger partial charge in [-0.3, -0.25) is 4.79 Å². The fourth-order valence-electron chi connectivity index (χ4n) is 2.45. The summed E-state index contributed by atoms with van der Waals surface area (Å²) in [5.74, 6) is 0.559. The minimum atomic E-state index is -0.110. The number of hydrogen-bond donors (Lipinski definition) is 2. The largest absolute Gasteiger partial charge is 0.372 e. The average Bonchev–Trinajstić information content (AvgIpc) is 2.41. The lowest BCUT2D eigenvalue weighted by molar-refractivity contribution is 0.0924. The van der Waals surface area contributed by atoms with Crippen LogP contribution in [0.5, 0.6) is 0 Å². The lowest BCUT2D eigenvalue weighted by atomic mass is 9.96. The molecule has 0 bridgehead atoms. The zero-order valence-electron chi connectivity index (χ0n) is 11.5. The van der Waals surface area contributed by atoms with Gasteiger partial charge in [0.05, 0.1) is 0 Å². The second-order valence-corrected chi connectivity index (χ2v) is 5.07. The first kappa shape index (κ1) is 13.8. The van der Waals surface area contributed by atoms with Crippen molar-refractivity contribution in [1.29, 1.82) is 0 Å². The van der Waals surface area contributed by atoms with Crippen molar-refractivity contribution in [2.24, 2.45) is 0 Å². The van der Waals surface area contributed by atoms with Gasteiger partial charge < -0.3 is 10.6 Å².